The molecule has 18 heavy (non-hydrogen) atoms. The minimum absolute atomic E-state index is 0.0319. The second-order valence-electron chi connectivity index (χ2n) is 4.55. The number of benzene rings is 1. The van der Waals surface area contributed by atoms with Gasteiger partial charge in [0.1, 0.15) is 5.76 Å². The predicted octanol–water partition coefficient (Wildman–Crippen LogP) is 3.41. The maximum absolute atomic E-state index is 5.63. The van der Waals surface area contributed by atoms with Gasteiger partial charge in [0.15, 0.2) is 0 Å². The van der Waals surface area contributed by atoms with Gasteiger partial charge in [0, 0.05) is 0 Å². The summed E-state index contributed by atoms with van der Waals surface area (Å²) in [6.07, 6.45) is 2.45. The number of nitrogens with two attached hydrogens (primary N) is 1. The van der Waals surface area contributed by atoms with Gasteiger partial charge in [-0.25, -0.2) is 5.43 Å². The fourth-order valence-corrected chi connectivity index (χ4v) is 2.68. The highest BCUT2D eigenvalue weighted by molar-refractivity contribution is 9.10. The number of hydrogen-bond donors (Lipinski definition) is 2. The van der Waals surface area contributed by atoms with Crippen LogP contribution in [0.15, 0.2) is 39.4 Å². The second-order valence-corrected chi connectivity index (χ2v) is 5.41. The van der Waals surface area contributed by atoms with Crippen LogP contribution in [0.25, 0.3) is 0 Å². The van der Waals surface area contributed by atoms with E-state index in [1.165, 1.54) is 16.7 Å². The Morgan fingerprint density at radius 1 is 1.28 bits per heavy atom. The standard InChI is InChI=1S/C14H17BrN2O/c1-9-5-10(2)7-11(6-9)8-13(17-16)14-12(15)3-4-18-14/h3-7,13,17H,8,16H2,1-2H3. The van der Waals surface area contributed by atoms with Crippen molar-refractivity contribution in [2.24, 2.45) is 5.84 Å². The van der Waals surface area contributed by atoms with Crippen LogP contribution in [-0.2, 0) is 6.42 Å². The van der Waals surface area contributed by atoms with Crippen molar-refractivity contribution in [1.29, 1.82) is 0 Å². The summed E-state index contributed by atoms with van der Waals surface area (Å²) in [5.74, 6) is 6.46. The van der Waals surface area contributed by atoms with Gasteiger partial charge in [0.05, 0.1) is 16.8 Å². The largest absolute Gasteiger partial charge is 0.466 e. The minimum atomic E-state index is -0.0319. The molecule has 3 nitrogen and oxygen atoms in total. The van der Waals surface area contributed by atoms with Crippen LogP contribution in [-0.4, -0.2) is 0 Å². The Kier molecular flexibility index (Phi) is 4.22. The molecule has 0 aliphatic rings. The third kappa shape index (κ3) is 3.02. The van der Waals surface area contributed by atoms with Crippen LogP contribution in [0.2, 0.25) is 0 Å². The quantitative estimate of drug-likeness (QED) is 0.672. The van der Waals surface area contributed by atoms with E-state index < -0.39 is 0 Å². The van der Waals surface area contributed by atoms with Crippen molar-refractivity contribution in [3.05, 3.63) is 57.5 Å². The maximum atomic E-state index is 5.63. The third-order valence-electron chi connectivity index (χ3n) is 2.88. The van der Waals surface area contributed by atoms with Gasteiger partial charge in [-0.2, -0.15) is 0 Å². The van der Waals surface area contributed by atoms with E-state index in [1.807, 2.05) is 6.07 Å². The Bertz CT molecular complexity index is 516. The smallest absolute Gasteiger partial charge is 0.136 e. The lowest BCUT2D eigenvalue weighted by molar-refractivity contribution is 0.413. The number of aryl methyl sites for hydroxylation is 2. The summed E-state index contributed by atoms with van der Waals surface area (Å²) in [5, 5.41) is 0. The van der Waals surface area contributed by atoms with E-state index in [1.54, 1.807) is 6.26 Å². The number of hydrazine groups is 1. The maximum Gasteiger partial charge on any atom is 0.136 e. The molecule has 0 fully saturated rings. The fraction of sp³-hybridized carbons (Fsp3) is 0.286. The second kappa shape index (κ2) is 5.69. The number of rotatable bonds is 4. The Morgan fingerprint density at radius 2 is 1.94 bits per heavy atom. The van der Waals surface area contributed by atoms with E-state index in [4.69, 9.17) is 10.3 Å². The molecule has 3 N–H and O–H groups in total. The van der Waals surface area contributed by atoms with Crippen molar-refractivity contribution in [2.75, 3.05) is 0 Å². The summed E-state index contributed by atoms with van der Waals surface area (Å²) in [6, 6.07) is 8.36. The van der Waals surface area contributed by atoms with Crippen LogP contribution in [0.3, 0.4) is 0 Å². The Hall–Kier alpha value is -1.10. The first-order valence-corrected chi connectivity index (χ1v) is 6.65. The van der Waals surface area contributed by atoms with Crippen LogP contribution >= 0.6 is 15.9 Å². The molecule has 4 heteroatoms. The van der Waals surface area contributed by atoms with Gasteiger partial charge >= 0.3 is 0 Å². The molecule has 2 rings (SSSR count). The topological polar surface area (TPSA) is 51.2 Å². The number of hydrogen-bond acceptors (Lipinski definition) is 3. The highest BCUT2D eigenvalue weighted by Crippen LogP contribution is 2.27. The lowest BCUT2D eigenvalue weighted by Gasteiger charge is -2.15. The molecule has 0 aliphatic carbocycles. The van der Waals surface area contributed by atoms with Crippen molar-refractivity contribution in [2.45, 2.75) is 26.3 Å². The van der Waals surface area contributed by atoms with Gasteiger partial charge in [-0.3, -0.25) is 5.84 Å². The molecule has 1 aromatic carbocycles. The van der Waals surface area contributed by atoms with Crippen molar-refractivity contribution in [3.63, 3.8) is 0 Å². The lowest BCUT2D eigenvalue weighted by Crippen LogP contribution is -2.29. The van der Waals surface area contributed by atoms with Gasteiger partial charge in [-0.15, -0.1) is 0 Å². The van der Waals surface area contributed by atoms with E-state index >= 15 is 0 Å². The first-order valence-electron chi connectivity index (χ1n) is 5.86. The summed E-state index contributed by atoms with van der Waals surface area (Å²) in [7, 11) is 0. The first kappa shape index (κ1) is 13.3. The average Bonchev–Trinajstić information content (AvgIpc) is 2.71. The zero-order chi connectivity index (χ0) is 13.1. The summed E-state index contributed by atoms with van der Waals surface area (Å²) >= 11 is 3.46. The normalized spacial score (nSPS) is 12.7. The summed E-state index contributed by atoms with van der Waals surface area (Å²) < 4.78 is 6.40. The summed E-state index contributed by atoms with van der Waals surface area (Å²) in [4.78, 5) is 0. The monoisotopic (exact) mass is 308 g/mol. The highest BCUT2D eigenvalue weighted by Gasteiger charge is 2.17. The van der Waals surface area contributed by atoms with E-state index in [0.717, 1.165) is 16.7 Å². The Balaban J connectivity index is 2.23. The number of halogens is 1. The Morgan fingerprint density at radius 3 is 2.44 bits per heavy atom. The average molecular weight is 309 g/mol. The van der Waals surface area contributed by atoms with Crippen LogP contribution in [0.1, 0.15) is 28.5 Å². The van der Waals surface area contributed by atoms with Crippen molar-refractivity contribution >= 4 is 15.9 Å². The minimum Gasteiger partial charge on any atom is -0.466 e. The zero-order valence-electron chi connectivity index (χ0n) is 10.5. The van der Waals surface area contributed by atoms with Gasteiger partial charge in [-0.1, -0.05) is 29.3 Å². The molecule has 2 aromatic rings. The van der Waals surface area contributed by atoms with Crippen molar-refractivity contribution < 1.29 is 4.42 Å². The summed E-state index contributed by atoms with van der Waals surface area (Å²) in [6.45, 7) is 4.20. The molecule has 0 bridgehead atoms. The predicted molar refractivity (Wildman–Crippen MR) is 76.1 cm³/mol. The van der Waals surface area contributed by atoms with Crippen LogP contribution < -0.4 is 11.3 Å². The first-order chi connectivity index (χ1) is 8.60. The molecule has 96 valence electrons. The summed E-state index contributed by atoms with van der Waals surface area (Å²) in [5.41, 5.74) is 6.58. The molecule has 0 saturated heterocycles. The van der Waals surface area contributed by atoms with E-state index in [0.29, 0.717) is 0 Å². The molecular weight excluding hydrogens is 292 g/mol. The van der Waals surface area contributed by atoms with E-state index in [2.05, 4.69) is 53.4 Å². The number of furan rings is 1. The van der Waals surface area contributed by atoms with E-state index in [-0.39, 0.29) is 6.04 Å². The SMILES string of the molecule is Cc1cc(C)cc(CC(NN)c2occc2Br)c1. The Labute approximate surface area is 115 Å². The third-order valence-corrected chi connectivity index (χ3v) is 3.54. The van der Waals surface area contributed by atoms with Crippen molar-refractivity contribution in [3.8, 4) is 0 Å². The number of nitrogens with one attached hydrogen (secondary N) is 1. The fourth-order valence-electron chi connectivity index (χ4n) is 2.20. The molecule has 1 unspecified atom stereocenters. The molecular formula is C14H17BrN2O. The van der Waals surface area contributed by atoms with Crippen LogP contribution in [0.5, 0.6) is 0 Å². The molecule has 1 aromatic heterocycles. The molecule has 0 saturated carbocycles. The lowest BCUT2D eigenvalue weighted by atomic mass is 10.0. The molecule has 0 aliphatic heterocycles. The van der Waals surface area contributed by atoms with Crippen LogP contribution in [0.4, 0.5) is 0 Å². The van der Waals surface area contributed by atoms with E-state index in [9.17, 15) is 0 Å². The molecule has 0 radical (unpaired) electrons. The van der Waals surface area contributed by atoms with Gasteiger partial charge in [0.2, 0.25) is 0 Å². The molecule has 1 heterocycles. The van der Waals surface area contributed by atoms with Gasteiger partial charge in [0.25, 0.3) is 0 Å². The molecule has 0 amide bonds. The van der Waals surface area contributed by atoms with Gasteiger partial charge in [-0.05, 0) is 47.8 Å². The van der Waals surface area contributed by atoms with Crippen LogP contribution in [0, 0.1) is 13.8 Å². The van der Waals surface area contributed by atoms with Crippen molar-refractivity contribution in [1.82, 2.24) is 5.43 Å². The molecule has 0 spiro atoms. The molecule has 1 atom stereocenters. The van der Waals surface area contributed by atoms with Gasteiger partial charge < -0.3 is 4.42 Å². The zero-order valence-corrected chi connectivity index (χ0v) is 12.1. The highest BCUT2D eigenvalue weighted by atomic mass is 79.9.